The normalized spacial score (nSPS) is 10.6. The van der Waals surface area contributed by atoms with Crippen LogP contribution in [-0.2, 0) is 16.1 Å². The minimum atomic E-state index is -0.526. The molecule has 0 spiro atoms. The number of ether oxygens (including phenoxy) is 1. The van der Waals surface area contributed by atoms with E-state index in [1.165, 1.54) is 22.1 Å². The first-order valence-corrected chi connectivity index (χ1v) is 10.4. The highest BCUT2D eigenvalue weighted by molar-refractivity contribution is 7.13. The van der Waals surface area contributed by atoms with E-state index >= 15 is 0 Å². The summed E-state index contributed by atoms with van der Waals surface area (Å²) < 4.78 is 6.29. The smallest absolute Gasteiger partial charge is 0.326 e. The Balaban J connectivity index is 1.74. The molecule has 0 bridgehead atoms. The molecule has 0 radical (unpaired) electrons. The highest BCUT2D eigenvalue weighted by Crippen LogP contribution is 2.23. The van der Waals surface area contributed by atoms with Crippen molar-refractivity contribution in [3.63, 3.8) is 0 Å². The van der Waals surface area contributed by atoms with E-state index in [2.05, 4.69) is 15.3 Å². The number of carbonyl (C=O) groups is 2. The molecule has 1 N–H and O–H groups in total. The van der Waals surface area contributed by atoms with E-state index in [1.807, 2.05) is 37.3 Å². The number of benzene rings is 1. The van der Waals surface area contributed by atoms with E-state index in [-0.39, 0.29) is 17.9 Å². The number of thiazole rings is 1. The van der Waals surface area contributed by atoms with Crippen molar-refractivity contribution in [1.29, 1.82) is 0 Å². The van der Waals surface area contributed by atoms with Crippen LogP contribution in [0.25, 0.3) is 10.6 Å². The number of unbranched alkanes of at least 4 members (excludes halogenated alkanes) is 1. The number of carbonyl (C=O) groups excluding carboxylic acids is 2. The van der Waals surface area contributed by atoms with E-state index in [4.69, 9.17) is 4.74 Å². The van der Waals surface area contributed by atoms with Crippen molar-refractivity contribution in [3.05, 3.63) is 63.8 Å². The Kier molecular flexibility index (Phi) is 7.08. The summed E-state index contributed by atoms with van der Waals surface area (Å²) in [5, 5.41) is 4.87. The highest BCUT2D eigenvalue weighted by atomic mass is 32.1. The molecule has 0 saturated carbocycles. The molecule has 156 valence electrons. The van der Waals surface area contributed by atoms with Gasteiger partial charge in [0.05, 0.1) is 12.8 Å². The predicted octanol–water partition coefficient (Wildman–Crippen LogP) is 3.27. The maximum atomic E-state index is 12.7. The van der Waals surface area contributed by atoms with E-state index in [9.17, 15) is 14.4 Å². The summed E-state index contributed by atoms with van der Waals surface area (Å²) in [5.41, 5.74) is 0.551. The molecule has 1 amide bonds. The van der Waals surface area contributed by atoms with Crippen LogP contribution < -0.4 is 10.9 Å². The van der Waals surface area contributed by atoms with Crippen molar-refractivity contribution in [2.24, 2.45) is 0 Å². The van der Waals surface area contributed by atoms with Crippen LogP contribution in [0.4, 0.5) is 5.69 Å². The molecule has 0 unspecified atom stereocenters. The molecule has 0 saturated heterocycles. The van der Waals surface area contributed by atoms with Crippen molar-refractivity contribution < 1.29 is 14.3 Å². The first-order valence-electron chi connectivity index (χ1n) is 9.54. The second-order valence-corrected chi connectivity index (χ2v) is 7.40. The monoisotopic (exact) mass is 426 g/mol. The maximum Gasteiger partial charge on any atom is 0.326 e. The molecule has 0 aliphatic carbocycles. The van der Waals surface area contributed by atoms with Gasteiger partial charge in [0.2, 0.25) is 0 Å². The predicted molar refractivity (Wildman–Crippen MR) is 115 cm³/mol. The van der Waals surface area contributed by atoms with Gasteiger partial charge in [-0.05, 0) is 13.3 Å². The Labute approximate surface area is 177 Å². The standard InChI is InChI=1S/C21H22N4O4S/c1-3-4-10-29-18(26)12-25-14(2)22-11-16(21(25)28)23-19(27)17-13-30-20(24-17)15-8-6-5-7-9-15/h5-9,11,13H,3-4,10,12H2,1-2H3,(H,23,27). The van der Waals surface area contributed by atoms with Crippen molar-refractivity contribution in [1.82, 2.24) is 14.5 Å². The van der Waals surface area contributed by atoms with Gasteiger partial charge in [-0.1, -0.05) is 43.7 Å². The van der Waals surface area contributed by atoms with Crippen LogP contribution in [0.2, 0.25) is 0 Å². The summed E-state index contributed by atoms with van der Waals surface area (Å²) in [6, 6.07) is 9.50. The second-order valence-electron chi connectivity index (χ2n) is 6.54. The van der Waals surface area contributed by atoms with Gasteiger partial charge < -0.3 is 10.1 Å². The Morgan fingerprint density at radius 2 is 2.00 bits per heavy atom. The fourth-order valence-corrected chi connectivity index (χ4v) is 3.44. The van der Waals surface area contributed by atoms with Crippen LogP contribution in [0.1, 0.15) is 36.1 Å². The molecular formula is C21H22N4O4S. The van der Waals surface area contributed by atoms with Gasteiger partial charge in [-0.25, -0.2) is 9.97 Å². The lowest BCUT2D eigenvalue weighted by molar-refractivity contribution is -0.144. The van der Waals surface area contributed by atoms with E-state index in [1.54, 1.807) is 12.3 Å². The van der Waals surface area contributed by atoms with Crippen molar-refractivity contribution in [2.45, 2.75) is 33.2 Å². The van der Waals surface area contributed by atoms with Gasteiger partial charge in [-0.3, -0.25) is 19.0 Å². The average Bonchev–Trinajstić information content (AvgIpc) is 3.24. The zero-order valence-corrected chi connectivity index (χ0v) is 17.6. The summed E-state index contributed by atoms with van der Waals surface area (Å²) in [5.74, 6) is -0.690. The molecule has 1 aromatic carbocycles. The molecule has 3 rings (SSSR count). The Hall–Kier alpha value is -3.33. The fraction of sp³-hybridized carbons (Fsp3) is 0.286. The van der Waals surface area contributed by atoms with Gasteiger partial charge in [-0.15, -0.1) is 11.3 Å². The number of amides is 1. The molecule has 3 aromatic rings. The first kappa shape index (κ1) is 21.4. The number of anilines is 1. The quantitative estimate of drug-likeness (QED) is 0.438. The number of hydrogen-bond donors (Lipinski definition) is 1. The largest absolute Gasteiger partial charge is 0.464 e. The van der Waals surface area contributed by atoms with Gasteiger partial charge in [0.25, 0.3) is 11.5 Å². The third kappa shape index (κ3) is 5.18. The molecular weight excluding hydrogens is 404 g/mol. The molecule has 2 aromatic heterocycles. The molecule has 2 heterocycles. The number of aryl methyl sites for hydroxylation is 1. The van der Waals surface area contributed by atoms with Crippen LogP contribution >= 0.6 is 11.3 Å². The highest BCUT2D eigenvalue weighted by Gasteiger charge is 2.17. The maximum absolute atomic E-state index is 12.7. The number of nitrogens with zero attached hydrogens (tertiary/aromatic N) is 3. The SMILES string of the molecule is CCCCOC(=O)Cn1c(C)ncc(NC(=O)c2csc(-c3ccccc3)n2)c1=O. The molecule has 0 aliphatic rings. The third-order valence-corrected chi connectivity index (χ3v) is 5.19. The third-order valence-electron chi connectivity index (χ3n) is 4.30. The van der Waals surface area contributed by atoms with E-state index in [0.29, 0.717) is 17.4 Å². The van der Waals surface area contributed by atoms with Crippen LogP contribution in [0.3, 0.4) is 0 Å². The lowest BCUT2D eigenvalue weighted by atomic mass is 10.2. The zero-order chi connectivity index (χ0) is 21.5. The van der Waals surface area contributed by atoms with Crippen LogP contribution in [-0.4, -0.2) is 33.0 Å². The molecule has 0 fully saturated rings. The summed E-state index contributed by atoms with van der Waals surface area (Å²) in [7, 11) is 0. The first-order chi connectivity index (χ1) is 14.5. The summed E-state index contributed by atoms with van der Waals surface area (Å²) in [6.45, 7) is 3.64. The topological polar surface area (TPSA) is 103 Å². The van der Waals surface area contributed by atoms with Gasteiger partial charge in [0.1, 0.15) is 28.8 Å². The lowest BCUT2D eigenvalue weighted by Crippen LogP contribution is -2.31. The fourth-order valence-electron chi connectivity index (χ4n) is 2.63. The van der Waals surface area contributed by atoms with Crippen LogP contribution in [0.15, 0.2) is 46.7 Å². The van der Waals surface area contributed by atoms with Gasteiger partial charge in [0.15, 0.2) is 0 Å². The molecule has 0 aliphatic heterocycles. The number of hydrogen-bond acceptors (Lipinski definition) is 7. The Morgan fingerprint density at radius 1 is 1.23 bits per heavy atom. The minimum Gasteiger partial charge on any atom is -0.464 e. The van der Waals surface area contributed by atoms with E-state index < -0.39 is 17.4 Å². The van der Waals surface area contributed by atoms with Gasteiger partial charge >= 0.3 is 5.97 Å². The molecule has 9 heteroatoms. The van der Waals surface area contributed by atoms with Crippen LogP contribution in [0, 0.1) is 6.92 Å². The van der Waals surface area contributed by atoms with Crippen molar-refractivity contribution in [3.8, 4) is 10.6 Å². The number of aromatic nitrogens is 3. The second kappa shape index (κ2) is 9.93. The van der Waals surface area contributed by atoms with Gasteiger partial charge in [0, 0.05) is 10.9 Å². The van der Waals surface area contributed by atoms with E-state index in [0.717, 1.165) is 18.4 Å². The molecule has 0 atom stereocenters. The summed E-state index contributed by atoms with van der Waals surface area (Å²) in [6.07, 6.45) is 2.93. The van der Waals surface area contributed by atoms with Crippen LogP contribution in [0.5, 0.6) is 0 Å². The Bertz CT molecular complexity index is 1090. The number of esters is 1. The number of nitrogens with one attached hydrogen (secondary N) is 1. The van der Waals surface area contributed by atoms with Crippen molar-refractivity contribution >= 4 is 28.9 Å². The Morgan fingerprint density at radius 3 is 2.73 bits per heavy atom. The lowest BCUT2D eigenvalue weighted by Gasteiger charge is -2.11. The van der Waals surface area contributed by atoms with Crippen molar-refractivity contribution in [2.75, 3.05) is 11.9 Å². The zero-order valence-electron chi connectivity index (χ0n) is 16.8. The molecule has 30 heavy (non-hydrogen) atoms. The summed E-state index contributed by atoms with van der Waals surface area (Å²) >= 11 is 1.34. The average molecular weight is 426 g/mol. The number of rotatable bonds is 8. The molecule has 8 nitrogen and oxygen atoms in total. The van der Waals surface area contributed by atoms with Gasteiger partial charge in [-0.2, -0.15) is 0 Å². The minimum absolute atomic E-state index is 0.0266. The summed E-state index contributed by atoms with van der Waals surface area (Å²) in [4.78, 5) is 45.7.